The van der Waals surface area contributed by atoms with Gasteiger partial charge in [-0.25, -0.2) is 4.39 Å². The molecule has 4 rings (SSSR count). The Bertz CT molecular complexity index is 1150. The minimum Gasteiger partial charge on any atom is -0.489 e. The zero-order chi connectivity index (χ0) is 21.8. The number of halogens is 2. The highest BCUT2D eigenvalue weighted by Crippen LogP contribution is 2.34. The summed E-state index contributed by atoms with van der Waals surface area (Å²) in [5, 5.41) is -0.286. The fraction of sp³-hybridized carbons (Fsp3) is 0.0833. The lowest BCUT2D eigenvalue weighted by Crippen LogP contribution is -2.27. The molecule has 1 aliphatic rings. The van der Waals surface area contributed by atoms with Gasteiger partial charge in [0.1, 0.15) is 18.2 Å². The Hall–Kier alpha value is -2.90. The van der Waals surface area contributed by atoms with Gasteiger partial charge in [-0.05, 0) is 64.9 Å². The number of carbonyl (C=O) groups excluding carboxylic acids is 2. The van der Waals surface area contributed by atoms with Gasteiger partial charge in [-0.2, -0.15) is 0 Å². The first-order valence-corrected chi connectivity index (χ1v) is 11.1. The molecular formula is C24H17BrFNO3S. The van der Waals surface area contributed by atoms with Crippen LogP contribution >= 0.6 is 27.7 Å². The average molecular weight is 498 g/mol. The van der Waals surface area contributed by atoms with Gasteiger partial charge in [-0.15, -0.1) is 0 Å². The van der Waals surface area contributed by atoms with Crippen molar-refractivity contribution in [3.8, 4) is 5.75 Å². The van der Waals surface area contributed by atoms with Gasteiger partial charge in [0.2, 0.25) is 0 Å². The molecule has 0 atom stereocenters. The fourth-order valence-electron chi connectivity index (χ4n) is 2.99. The maximum Gasteiger partial charge on any atom is 0.293 e. The zero-order valence-electron chi connectivity index (χ0n) is 16.3. The average Bonchev–Trinajstić information content (AvgIpc) is 3.03. The molecule has 0 N–H and O–H groups in total. The molecule has 31 heavy (non-hydrogen) atoms. The van der Waals surface area contributed by atoms with Gasteiger partial charge in [0.25, 0.3) is 11.1 Å². The van der Waals surface area contributed by atoms with Crippen molar-refractivity contribution in [3.63, 3.8) is 0 Å². The molecule has 2 amide bonds. The molecule has 1 heterocycles. The summed E-state index contributed by atoms with van der Waals surface area (Å²) >= 11 is 4.39. The molecule has 1 fully saturated rings. The second-order valence-corrected chi connectivity index (χ2v) is 8.69. The van der Waals surface area contributed by atoms with E-state index in [4.69, 9.17) is 4.74 Å². The summed E-state index contributed by atoms with van der Waals surface area (Å²) in [6, 6.07) is 20.9. The van der Waals surface area contributed by atoms with Crippen LogP contribution in [0, 0.1) is 5.82 Å². The Balaban J connectivity index is 1.41. The molecule has 7 heteroatoms. The number of carbonyl (C=O) groups is 2. The number of amides is 2. The molecule has 0 unspecified atom stereocenters. The molecule has 156 valence electrons. The first-order chi connectivity index (χ1) is 15.0. The Morgan fingerprint density at radius 2 is 1.68 bits per heavy atom. The number of rotatable bonds is 6. The topological polar surface area (TPSA) is 46.6 Å². The number of nitrogens with zero attached hydrogens (tertiary/aromatic N) is 1. The molecule has 0 aliphatic carbocycles. The Morgan fingerprint density at radius 1 is 0.968 bits per heavy atom. The van der Waals surface area contributed by atoms with Crippen LogP contribution in [0.2, 0.25) is 0 Å². The van der Waals surface area contributed by atoms with E-state index in [1.54, 1.807) is 30.3 Å². The van der Waals surface area contributed by atoms with Gasteiger partial charge in [-0.1, -0.05) is 58.4 Å². The summed E-state index contributed by atoms with van der Waals surface area (Å²) < 4.78 is 19.5. The molecule has 1 saturated heterocycles. The Labute approximate surface area is 191 Å². The van der Waals surface area contributed by atoms with Crippen LogP contribution in [0.5, 0.6) is 5.75 Å². The summed E-state index contributed by atoms with van der Waals surface area (Å²) in [6.45, 7) is 0.549. The van der Waals surface area contributed by atoms with Crippen molar-refractivity contribution in [3.05, 3.63) is 105 Å². The third kappa shape index (κ3) is 5.24. The second-order valence-electron chi connectivity index (χ2n) is 6.84. The molecule has 4 nitrogen and oxygen atoms in total. The van der Waals surface area contributed by atoms with E-state index < -0.39 is 0 Å². The van der Waals surface area contributed by atoms with Crippen molar-refractivity contribution >= 4 is 44.9 Å². The van der Waals surface area contributed by atoms with Crippen LogP contribution in [0.25, 0.3) is 6.08 Å². The van der Waals surface area contributed by atoms with E-state index in [2.05, 4.69) is 15.9 Å². The van der Waals surface area contributed by atoms with Crippen LogP contribution in [-0.4, -0.2) is 16.0 Å². The molecule has 3 aromatic carbocycles. The minimum absolute atomic E-state index is 0.222. The van der Waals surface area contributed by atoms with Gasteiger partial charge in [0, 0.05) is 4.47 Å². The first kappa shape index (κ1) is 21.3. The van der Waals surface area contributed by atoms with E-state index in [9.17, 15) is 14.0 Å². The van der Waals surface area contributed by atoms with Crippen molar-refractivity contribution in [1.82, 2.24) is 4.90 Å². The van der Waals surface area contributed by atoms with Gasteiger partial charge in [0.15, 0.2) is 0 Å². The highest BCUT2D eigenvalue weighted by molar-refractivity contribution is 9.10. The number of hydrogen-bond donors (Lipinski definition) is 0. The quantitative estimate of drug-likeness (QED) is 0.369. The summed E-state index contributed by atoms with van der Waals surface area (Å²) in [4.78, 5) is 26.7. The molecule has 0 radical (unpaired) electrons. The second kappa shape index (κ2) is 9.49. The zero-order valence-corrected chi connectivity index (χ0v) is 18.7. The van der Waals surface area contributed by atoms with Crippen molar-refractivity contribution in [1.29, 1.82) is 0 Å². The SMILES string of the molecule is O=C1S/C(=C\c2ccc(OCc3ccc(F)cc3)cc2)C(=O)N1Cc1ccccc1Br. The third-order valence-corrected chi connectivity index (χ3v) is 6.34. The molecular weight excluding hydrogens is 481 g/mol. The summed E-state index contributed by atoms with van der Waals surface area (Å²) in [7, 11) is 0. The van der Waals surface area contributed by atoms with E-state index in [1.165, 1.54) is 17.0 Å². The summed E-state index contributed by atoms with van der Waals surface area (Å²) in [5.74, 6) is 0.0693. The van der Waals surface area contributed by atoms with Crippen LogP contribution < -0.4 is 4.74 Å². The van der Waals surface area contributed by atoms with Crippen molar-refractivity contribution in [2.75, 3.05) is 0 Å². The number of thioether (sulfide) groups is 1. The molecule has 3 aromatic rings. The van der Waals surface area contributed by atoms with Crippen LogP contribution in [-0.2, 0) is 17.9 Å². The predicted octanol–water partition coefficient (Wildman–Crippen LogP) is 6.40. The molecule has 0 bridgehead atoms. The number of hydrogen-bond acceptors (Lipinski definition) is 4. The van der Waals surface area contributed by atoms with Crippen molar-refractivity contribution in [2.24, 2.45) is 0 Å². The number of ether oxygens (including phenoxy) is 1. The highest BCUT2D eigenvalue weighted by Gasteiger charge is 2.35. The van der Waals surface area contributed by atoms with Crippen LogP contribution in [0.4, 0.5) is 9.18 Å². The normalized spacial score (nSPS) is 15.0. The maximum atomic E-state index is 13.0. The van der Waals surface area contributed by atoms with E-state index in [0.29, 0.717) is 17.3 Å². The van der Waals surface area contributed by atoms with Crippen LogP contribution in [0.1, 0.15) is 16.7 Å². The van der Waals surface area contributed by atoms with Crippen LogP contribution in [0.3, 0.4) is 0 Å². The number of imide groups is 1. The largest absolute Gasteiger partial charge is 0.489 e. The molecule has 1 aliphatic heterocycles. The smallest absolute Gasteiger partial charge is 0.293 e. The highest BCUT2D eigenvalue weighted by atomic mass is 79.9. The van der Waals surface area contributed by atoms with E-state index in [1.807, 2.05) is 36.4 Å². The molecule has 0 saturated carbocycles. The molecule has 0 spiro atoms. The van der Waals surface area contributed by atoms with Crippen molar-refractivity contribution in [2.45, 2.75) is 13.2 Å². The van der Waals surface area contributed by atoms with Gasteiger partial charge in [-0.3, -0.25) is 14.5 Å². The van der Waals surface area contributed by atoms with Crippen LogP contribution in [0.15, 0.2) is 82.2 Å². The Kier molecular flexibility index (Phi) is 6.53. The fourth-order valence-corrected chi connectivity index (χ4v) is 4.24. The summed E-state index contributed by atoms with van der Waals surface area (Å²) in [5.41, 5.74) is 2.53. The van der Waals surface area contributed by atoms with E-state index in [0.717, 1.165) is 32.9 Å². The maximum absolute atomic E-state index is 13.0. The van der Waals surface area contributed by atoms with Gasteiger partial charge >= 0.3 is 0 Å². The number of benzene rings is 3. The van der Waals surface area contributed by atoms with E-state index >= 15 is 0 Å². The monoisotopic (exact) mass is 497 g/mol. The lowest BCUT2D eigenvalue weighted by Gasteiger charge is -2.13. The Morgan fingerprint density at radius 3 is 2.39 bits per heavy atom. The standard InChI is InChI=1S/C24H17BrFNO3S/c25-21-4-2-1-3-18(21)14-27-23(28)22(31-24(27)29)13-16-7-11-20(12-8-16)30-15-17-5-9-19(26)10-6-17/h1-13H,14-15H2/b22-13-. The van der Waals surface area contributed by atoms with Crippen molar-refractivity contribution < 1.29 is 18.7 Å². The van der Waals surface area contributed by atoms with Gasteiger partial charge in [0.05, 0.1) is 11.4 Å². The van der Waals surface area contributed by atoms with E-state index in [-0.39, 0.29) is 23.5 Å². The first-order valence-electron chi connectivity index (χ1n) is 9.46. The predicted molar refractivity (Wildman–Crippen MR) is 123 cm³/mol. The lowest BCUT2D eigenvalue weighted by atomic mass is 10.2. The van der Waals surface area contributed by atoms with Gasteiger partial charge < -0.3 is 4.74 Å². The summed E-state index contributed by atoms with van der Waals surface area (Å²) in [6.07, 6.45) is 1.70. The molecule has 0 aromatic heterocycles. The lowest BCUT2D eigenvalue weighted by molar-refractivity contribution is -0.123. The third-order valence-electron chi connectivity index (χ3n) is 4.66. The minimum atomic E-state index is -0.303.